The van der Waals surface area contributed by atoms with Crippen molar-refractivity contribution in [3.8, 4) is 5.75 Å². The summed E-state index contributed by atoms with van der Waals surface area (Å²) in [5.74, 6) is -1.46. The SMILES string of the molecule is CCOC(=O)COc1cccc(NC(=O)CN2C(=O)C3C4C=CC(C4)C3C2=O)c1. The number of benzene rings is 1. The number of imide groups is 1. The molecule has 0 spiro atoms. The molecule has 3 aliphatic rings. The van der Waals surface area contributed by atoms with Crippen molar-refractivity contribution in [3.05, 3.63) is 36.4 Å². The summed E-state index contributed by atoms with van der Waals surface area (Å²) in [6.07, 6.45) is 4.89. The normalized spacial score (nSPS) is 26.6. The van der Waals surface area contributed by atoms with Crippen LogP contribution >= 0.6 is 0 Å². The molecule has 4 atom stereocenters. The van der Waals surface area contributed by atoms with Crippen molar-refractivity contribution < 1.29 is 28.7 Å². The molecule has 2 fully saturated rings. The number of allylic oxidation sites excluding steroid dienone is 2. The molecular formula is C21H22N2O6. The molecule has 4 rings (SSSR count). The van der Waals surface area contributed by atoms with Crippen LogP contribution in [-0.2, 0) is 23.9 Å². The monoisotopic (exact) mass is 398 g/mol. The Bertz CT molecular complexity index is 865. The van der Waals surface area contributed by atoms with E-state index in [0.29, 0.717) is 11.4 Å². The van der Waals surface area contributed by atoms with Gasteiger partial charge in [-0.3, -0.25) is 19.3 Å². The van der Waals surface area contributed by atoms with Gasteiger partial charge < -0.3 is 14.8 Å². The van der Waals surface area contributed by atoms with Gasteiger partial charge in [0.25, 0.3) is 0 Å². The third-order valence-electron chi connectivity index (χ3n) is 5.64. The van der Waals surface area contributed by atoms with Crippen molar-refractivity contribution >= 4 is 29.4 Å². The third kappa shape index (κ3) is 3.62. The van der Waals surface area contributed by atoms with Crippen molar-refractivity contribution in [1.29, 1.82) is 0 Å². The van der Waals surface area contributed by atoms with Crippen LogP contribution in [0.3, 0.4) is 0 Å². The molecule has 4 unspecified atom stereocenters. The number of nitrogens with zero attached hydrogens (tertiary/aromatic N) is 1. The van der Waals surface area contributed by atoms with Crippen molar-refractivity contribution in [2.24, 2.45) is 23.7 Å². The number of nitrogens with one attached hydrogen (secondary N) is 1. The highest BCUT2D eigenvalue weighted by atomic mass is 16.6. The lowest BCUT2D eigenvalue weighted by Crippen LogP contribution is -2.39. The average Bonchev–Trinajstić information content (AvgIpc) is 3.37. The van der Waals surface area contributed by atoms with E-state index in [0.717, 1.165) is 11.3 Å². The minimum absolute atomic E-state index is 0.114. The number of amides is 3. The molecule has 2 bridgehead atoms. The van der Waals surface area contributed by atoms with Crippen molar-refractivity contribution in [3.63, 3.8) is 0 Å². The van der Waals surface area contributed by atoms with Crippen LogP contribution < -0.4 is 10.1 Å². The smallest absolute Gasteiger partial charge is 0.344 e. The third-order valence-corrected chi connectivity index (χ3v) is 5.64. The Morgan fingerprint density at radius 3 is 2.48 bits per heavy atom. The minimum Gasteiger partial charge on any atom is -0.482 e. The molecule has 0 radical (unpaired) electrons. The molecular weight excluding hydrogens is 376 g/mol. The fraction of sp³-hybridized carbons (Fsp3) is 0.429. The standard InChI is InChI=1S/C21H22N2O6/c1-2-28-17(25)11-29-15-5-3-4-14(9-15)22-16(24)10-23-20(26)18-12-6-7-13(8-12)19(18)21(23)27/h3-7,9,12-13,18-19H,2,8,10-11H2,1H3,(H,22,24). The van der Waals surface area contributed by atoms with Gasteiger partial charge >= 0.3 is 5.97 Å². The fourth-order valence-electron chi connectivity index (χ4n) is 4.47. The second-order valence-corrected chi connectivity index (χ2v) is 7.43. The Balaban J connectivity index is 1.34. The molecule has 1 saturated heterocycles. The molecule has 2 aliphatic carbocycles. The van der Waals surface area contributed by atoms with Crippen molar-refractivity contribution in [2.45, 2.75) is 13.3 Å². The van der Waals surface area contributed by atoms with E-state index in [1.54, 1.807) is 31.2 Å². The number of esters is 1. The number of anilines is 1. The Kier molecular flexibility index (Phi) is 5.08. The first kappa shape index (κ1) is 19.2. The van der Waals surface area contributed by atoms with Gasteiger partial charge in [0.1, 0.15) is 12.3 Å². The Morgan fingerprint density at radius 1 is 1.14 bits per heavy atom. The second-order valence-electron chi connectivity index (χ2n) is 7.43. The van der Waals surface area contributed by atoms with Crippen LogP contribution in [0.15, 0.2) is 36.4 Å². The summed E-state index contributed by atoms with van der Waals surface area (Å²) in [6.45, 7) is 1.43. The summed E-state index contributed by atoms with van der Waals surface area (Å²) in [5, 5.41) is 2.67. The maximum absolute atomic E-state index is 12.7. The number of rotatable bonds is 7. The highest BCUT2D eigenvalue weighted by Crippen LogP contribution is 2.52. The first-order chi connectivity index (χ1) is 14.0. The molecule has 0 aromatic heterocycles. The van der Waals surface area contributed by atoms with Crippen LogP contribution in [0.1, 0.15) is 13.3 Å². The van der Waals surface area contributed by atoms with E-state index < -0.39 is 11.9 Å². The molecule has 1 N–H and O–H groups in total. The van der Waals surface area contributed by atoms with Crippen molar-refractivity contribution in [1.82, 2.24) is 4.90 Å². The number of ether oxygens (including phenoxy) is 2. The first-order valence-electron chi connectivity index (χ1n) is 9.69. The first-order valence-corrected chi connectivity index (χ1v) is 9.69. The predicted octanol–water partition coefficient (Wildman–Crippen LogP) is 1.37. The van der Waals surface area contributed by atoms with Gasteiger partial charge in [-0.05, 0) is 37.3 Å². The highest BCUT2D eigenvalue weighted by molar-refractivity contribution is 6.09. The molecule has 29 heavy (non-hydrogen) atoms. The van der Waals surface area contributed by atoms with E-state index in [-0.39, 0.29) is 55.2 Å². The number of hydrogen-bond donors (Lipinski definition) is 1. The fourth-order valence-corrected chi connectivity index (χ4v) is 4.47. The minimum atomic E-state index is -0.484. The number of carbonyl (C=O) groups is 4. The second kappa shape index (κ2) is 7.69. The van der Waals surface area contributed by atoms with E-state index in [9.17, 15) is 19.2 Å². The Hall–Kier alpha value is -3.16. The van der Waals surface area contributed by atoms with Gasteiger partial charge in [0, 0.05) is 11.8 Å². The summed E-state index contributed by atoms with van der Waals surface area (Å²) in [5.41, 5.74) is 0.442. The lowest BCUT2D eigenvalue weighted by Gasteiger charge is -2.17. The molecule has 1 aromatic carbocycles. The zero-order valence-electron chi connectivity index (χ0n) is 16.0. The van der Waals surface area contributed by atoms with E-state index in [1.807, 2.05) is 12.2 Å². The van der Waals surface area contributed by atoms with E-state index >= 15 is 0 Å². The number of fused-ring (bicyclic) bond motifs is 5. The Labute approximate surface area is 167 Å². The summed E-state index contributed by atoms with van der Waals surface area (Å²) >= 11 is 0. The molecule has 1 saturated carbocycles. The van der Waals surface area contributed by atoms with Crippen LogP contribution in [0.4, 0.5) is 5.69 Å². The zero-order valence-corrected chi connectivity index (χ0v) is 16.0. The average molecular weight is 398 g/mol. The largest absolute Gasteiger partial charge is 0.482 e. The molecule has 3 amide bonds. The van der Waals surface area contributed by atoms with Crippen LogP contribution in [0.25, 0.3) is 0 Å². The van der Waals surface area contributed by atoms with Crippen LogP contribution in [0.2, 0.25) is 0 Å². The molecule has 8 nitrogen and oxygen atoms in total. The maximum Gasteiger partial charge on any atom is 0.344 e. The molecule has 1 heterocycles. The quantitative estimate of drug-likeness (QED) is 0.423. The van der Waals surface area contributed by atoms with Gasteiger partial charge in [-0.15, -0.1) is 0 Å². The van der Waals surface area contributed by atoms with Crippen LogP contribution in [-0.4, -0.2) is 48.3 Å². The van der Waals surface area contributed by atoms with Gasteiger partial charge in [0.05, 0.1) is 18.4 Å². The lowest BCUT2D eigenvalue weighted by atomic mass is 9.85. The zero-order chi connectivity index (χ0) is 20.5. The maximum atomic E-state index is 12.7. The van der Waals surface area contributed by atoms with Gasteiger partial charge in [-0.2, -0.15) is 0 Å². The van der Waals surface area contributed by atoms with Gasteiger partial charge in [0.15, 0.2) is 6.61 Å². The molecule has 152 valence electrons. The molecule has 1 aromatic rings. The lowest BCUT2D eigenvalue weighted by molar-refractivity contribution is -0.145. The van der Waals surface area contributed by atoms with Crippen LogP contribution in [0.5, 0.6) is 5.75 Å². The summed E-state index contributed by atoms with van der Waals surface area (Å²) in [4.78, 5) is 50.2. The highest BCUT2D eigenvalue weighted by Gasteiger charge is 2.59. The summed E-state index contributed by atoms with van der Waals surface area (Å²) < 4.78 is 10.1. The van der Waals surface area contributed by atoms with E-state index in [2.05, 4.69) is 5.32 Å². The molecule has 8 heteroatoms. The Morgan fingerprint density at radius 2 is 1.83 bits per heavy atom. The van der Waals surface area contributed by atoms with Gasteiger partial charge in [-0.1, -0.05) is 18.2 Å². The predicted molar refractivity (Wildman–Crippen MR) is 102 cm³/mol. The molecule has 1 aliphatic heterocycles. The summed E-state index contributed by atoms with van der Waals surface area (Å²) in [6, 6.07) is 6.52. The number of hydrogen-bond acceptors (Lipinski definition) is 6. The summed E-state index contributed by atoms with van der Waals surface area (Å²) in [7, 11) is 0. The van der Waals surface area contributed by atoms with Crippen LogP contribution in [0, 0.1) is 23.7 Å². The van der Waals surface area contributed by atoms with E-state index in [1.165, 1.54) is 0 Å². The number of likely N-dealkylation sites (tertiary alicyclic amines) is 1. The topological polar surface area (TPSA) is 102 Å². The van der Waals surface area contributed by atoms with Gasteiger partial charge in [-0.25, -0.2) is 4.79 Å². The van der Waals surface area contributed by atoms with Gasteiger partial charge in [0.2, 0.25) is 17.7 Å². The number of carbonyl (C=O) groups excluding carboxylic acids is 4. The van der Waals surface area contributed by atoms with Crippen molar-refractivity contribution in [2.75, 3.05) is 25.1 Å². The van der Waals surface area contributed by atoms with E-state index in [4.69, 9.17) is 9.47 Å².